The Kier molecular flexibility index (Phi) is 3.50. The van der Waals surface area contributed by atoms with Crippen molar-refractivity contribution in [2.75, 3.05) is 11.9 Å². The third-order valence-corrected chi connectivity index (χ3v) is 4.96. The van der Waals surface area contributed by atoms with Gasteiger partial charge in [-0.1, -0.05) is 19.8 Å². The molecule has 1 fully saturated rings. The molecular weight excluding hydrogens is 240 g/mol. The smallest absolute Gasteiger partial charge is 0.134 e. The Balaban J connectivity index is 1.64. The van der Waals surface area contributed by atoms with Gasteiger partial charge in [0.05, 0.1) is 0 Å². The summed E-state index contributed by atoms with van der Waals surface area (Å²) in [6.45, 7) is 3.45. The minimum Gasteiger partial charge on any atom is -0.369 e. The summed E-state index contributed by atoms with van der Waals surface area (Å²) in [5.74, 6) is 2.82. The van der Waals surface area contributed by atoms with Gasteiger partial charge in [0, 0.05) is 22.8 Å². The number of rotatable bonds is 3. The first-order valence-corrected chi connectivity index (χ1v) is 7.77. The molecule has 0 saturated heterocycles. The normalized spacial score (nSPS) is 24.3. The number of fused-ring (bicyclic) bond motifs is 1. The largest absolute Gasteiger partial charge is 0.369 e. The van der Waals surface area contributed by atoms with Gasteiger partial charge in [0.1, 0.15) is 5.82 Å². The van der Waals surface area contributed by atoms with Crippen LogP contribution in [0, 0.1) is 11.8 Å². The second kappa shape index (κ2) is 5.27. The molecule has 1 saturated carbocycles. The fourth-order valence-corrected chi connectivity index (χ4v) is 3.59. The van der Waals surface area contributed by atoms with Crippen LogP contribution >= 0.6 is 11.3 Å². The van der Waals surface area contributed by atoms with E-state index in [1.807, 2.05) is 6.20 Å². The molecule has 2 aromatic heterocycles. The summed E-state index contributed by atoms with van der Waals surface area (Å²) in [5, 5.41) is 6.96. The average molecular weight is 260 g/mol. The molecule has 0 unspecified atom stereocenters. The summed E-state index contributed by atoms with van der Waals surface area (Å²) in [6, 6.07) is 4.26. The molecule has 18 heavy (non-hydrogen) atoms. The summed E-state index contributed by atoms with van der Waals surface area (Å²) in [6.07, 6.45) is 7.43. The predicted octanol–water partition coefficient (Wildman–Crippen LogP) is 4.53. The molecule has 0 amide bonds. The fourth-order valence-electron chi connectivity index (χ4n) is 2.81. The van der Waals surface area contributed by atoms with Gasteiger partial charge in [0.25, 0.3) is 0 Å². The van der Waals surface area contributed by atoms with Gasteiger partial charge >= 0.3 is 0 Å². The van der Waals surface area contributed by atoms with E-state index in [0.717, 1.165) is 24.2 Å². The highest BCUT2D eigenvalue weighted by Crippen LogP contribution is 2.30. The van der Waals surface area contributed by atoms with Crippen molar-refractivity contribution in [1.29, 1.82) is 0 Å². The predicted molar refractivity (Wildman–Crippen MR) is 79.2 cm³/mol. The molecule has 96 valence electrons. The van der Waals surface area contributed by atoms with Crippen LogP contribution in [-0.2, 0) is 0 Å². The van der Waals surface area contributed by atoms with Crippen molar-refractivity contribution in [3.8, 4) is 0 Å². The first-order chi connectivity index (χ1) is 8.83. The Labute approximate surface area is 112 Å². The first-order valence-electron chi connectivity index (χ1n) is 6.89. The lowest BCUT2D eigenvalue weighted by atomic mass is 9.83. The lowest BCUT2D eigenvalue weighted by molar-refractivity contribution is 0.300. The van der Waals surface area contributed by atoms with Crippen LogP contribution in [0.25, 0.3) is 10.1 Å². The Bertz CT molecular complexity index is 512. The van der Waals surface area contributed by atoms with E-state index in [1.54, 1.807) is 11.3 Å². The van der Waals surface area contributed by atoms with Crippen molar-refractivity contribution in [2.45, 2.75) is 32.6 Å². The van der Waals surface area contributed by atoms with Crippen molar-refractivity contribution in [3.05, 3.63) is 23.7 Å². The van der Waals surface area contributed by atoms with Gasteiger partial charge in [-0.15, -0.1) is 11.3 Å². The summed E-state index contributed by atoms with van der Waals surface area (Å²) in [7, 11) is 0. The summed E-state index contributed by atoms with van der Waals surface area (Å²) in [5.41, 5.74) is 0. The van der Waals surface area contributed by atoms with E-state index in [2.05, 4.69) is 34.7 Å². The highest BCUT2D eigenvalue weighted by Gasteiger charge is 2.18. The molecule has 1 aliphatic rings. The molecule has 0 spiro atoms. The fraction of sp³-hybridized carbons (Fsp3) is 0.533. The third kappa shape index (κ3) is 2.51. The molecule has 1 N–H and O–H groups in total. The Morgan fingerprint density at radius 1 is 1.28 bits per heavy atom. The van der Waals surface area contributed by atoms with Crippen LogP contribution in [-0.4, -0.2) is 11.5 Å². The molecule has 0 bridgehead atoms. The Morgan fingerprint density at radius 2 is 2.11 bits per heavy atom. The van der Waals surface area contributed by atoms with Gasteiger partial charge in [0.15, 0.2) is 0 Å². The van der Waals surface area contributed by atoms with E-state index in [9.17, 15) is 0 Å². The first kappa shape index (κ1) is 12.0. The number of nitrogens with one attached hydrogen (secondary N) is 1. The lowest BCUT2D eigenvalue weighted by Crippen LogP contribution is -2.20. The van der Waals surface area contributed by atoms with Crippen molar-refractivity contribution in [2.24, 2.45) is 11.8 Å². The zero-order chi connectivity index (χ0) is 12.4. The second-order valence-electron chi connectivity index (χ2n) is 5.50. The molecule has 0 atom stereocenters. The SMILES string of the molecule is CC1CCC(CNc2nccc3sccc23)CC1. The monoisotopic (exact) mass is 260 g/mol. The van der Waals surface area contributed by atoms with E-state index in [4.69, 9.17) is 0 Å². The van der Waals surface area contributed by atoms with Crippen molar-refractivity contribution in [1.82, 2.24) is 4.98 Å². The van der Waals surface area contributed by atoms with Crippen LogP contribution in [0.2, 0.25) is 0 Å². The summed E-state index contributed by atoms with van der Waals surface area (Å²) >= 11 is 1.78. The van der Waals surface area contributed by atoms with E-state index in [1.165, 1.54) is 35.8 Å². The van der Waals surface area contributed by atoms with E-state index >= 15 is 0 Å². The van der Waals surface area contributed by atoms with E-state index in [-0.39, 0.29) is 0 Å². The van der Waals surface area contributed by atoms with Crippen LogP contribution in [0.1, 0.15) is 32.6 Å². The molecule has 2 aromatic rings. The van der Waals surface area contributed by atoms with Crippen LogP contribution in [0.15, 0.2) is 23.7 Å². The van der Waals surface area contributed by atoms with Gasteiger partial charge < -0.3 is 5.32 Å². The minimum absolute atomic E-state index is 0.830. The summed E-state index contributed by atoms with van der Waals surface area (Å²) < 4.78 is 1.32. The minimum atomic E-state index is 0.830. The number of hydrogen-bond donors (Lipinski definition) is 1. The third-order valence-electron chi connectivity index (χ3n) is 4.07. The molecule has 0 aromatic carbocycles. The molecule has 0 aliphatic heterocycles. The highest BCUT2D eigenvalue weighted by molar-refractivity contribution is 7.17. The standard InChI is InChI=1S/C15H20N2S/c1-11-2-4-12(5-3-11)10-17-15-13-7-9-18-14(13)6-8-16-15/h6-9,11-12H,2-5,10H2,1H3,(H,16,17). The van der Waals surface area contributed by atoms with Gasteiger partial charge in [-0.2, -0.15) is 0 Å². The zero-order valence-corrected chi connectivity index (χ0v) is 11.7. The molecule has 2 nitrogen and oxygen atoms in total. The van der Waals surface area contributed by atoms with E-state index < -0.39 is 0 Å². The van der Waals surface area contributed by atoms with Gasteiger partial charge in [-0.25, -0.2) is 4.98 Å². The van der Waals surface area contributed by atoms with Crippen LogP contribution in [0.3, 0.4) is 0 Å². The zero-order valence-electron chi connectivity index (χ0n) is 10.9. The number of nitrogens with zero attached hydrogens (tertiary/aromatic N) is 1. The molecule has 1 aliphatic carbocycles. The van der Waals surface area contributed by atoms with E-state index in [0.29, 0.717) is 0 Å². The highest BCUT2D eigenvalue weighted by atomic mass is 32.1. The van der Waals surface area contributed by atoms with Crippen molar-refractivity contribution >= 4 is 27.2 Å². The number of hydrogen-bond acceptors (Lipinski definition) is 3. The second-order valence-corrected chi connectivity index (χ2v) is 6.45. The molecular formula is C15H20N2S. The van der Waals surface area contributed by atoms with Gasteiger partial charge in [-0.3, -0.25) is 0 Å². The molecule has 3 rings (SSSR count). The van der Waals surface area contributed by atoms with Crippen LogP contribution in [0.4, 0.5) is 5.82 Å². The Morgan fingerprint density at radius 3 is 2.94 bits per heavy atom. The maximum absolute atomic E-state index is 4.47. The summed E-state index contributed by atoms with van der Waals surface area (Å²) in [4.78, 5) is 4.47. The van der Waals surface area contributed by atoms with Crippen LogP contribution < -0.4 is 5.32 Å². The average Bonchev–Trinajstić information content (AvgIpc) is 2.87. The number of thiophene rings is 1. The van der Waals surface area contributed by atoms with Crippen LogP contribution in [0.5, 0.6) is 0 Å². The molecule has 0 radical (unpaired) electrons. The molecule has 2 heterocycles. The lowest BCUT2D eigenvalue weighted by Gasteiger charge is -2.26. The maximum Gasteiger partial charge on any atom is 0.134 e. The Hall–Kier alpha value is -1.09. The van der Waals surface area contributed by atoms with Gasteiger partial charge in [0.2, 0.25) is 0 Å². The maximum atomic E-state index is 4.47. The number of aromatic nitrogens is 1. The van der Waals surface area contributed by atoms with Gasteiger partial charge in [-0.05, 0) is 42.2 Å². The number of pyridine rings is 1. The topological polar surface area (TPSA) is 24.9 Å². The van der Waals surface area contributed by atoms with Crippen molar-refractivity contribution < 1.29 is 0 Å². The molecule has 3 heteroatoms. The van der Waals surface area contributed by atoms with Crippen molar-refractivity contribution in [3.63, 3.8) is 0 Å². The quantitative estimate of drug-likeness (QED) is 0.876. The number of anilines is 1.